The molecule has 0 fully saturated rings. The van der Waals surface area contributed by atoms with Crippen molar-refractivity contribution in [1.82, 2.24) is 0 Å². The first kappa shape index (κ1) is 80.9. The minimum absolute atomic E-state index is 0.911. The Kier molecular flexibility index (Phi) is 19.0. The fourth-order valence-electron chi connectivity index (χ4n) is 23.2. The lowest BCUT2D eigenvalue weighted by atomic mass is 9.82. The van der Waals surface area contributed by atoms with E-state index in [1.165, 1.54) is 213 Å². The lowest BCUT2D eigenvalue weighted by Gasteiger charge is -2.21. The molecule has 0 bridgehead atoms. The highest BCUT2D eigenvalue weighted by atomic mass is 16.3. The van der Waals surface area contributed by atoms with E-state index in [2.05, 4.69) is 473 Å². The summed E-state index contributed by atoms with van der Waals surface area (Å²) >= 11 is 0. The third-order valence-electron chi connectivity index (χ3n) is 29.5. The molecule has 141 heavy (non-hydrogen) atoms. The van der Waals surface area contributed by atoms with Crippen LogP contribution in [0.2, 0.25) is 0 Å². The minimum Gasteiger partial charge on any atom is -0.456 e. The van der Waals surface area contributed by atoms with Crippen molar-refractivity contribution in [3.8, 4) is 100 Å². The van der Waals surface area contributed by atoms with E-state index >= 15 is 0 Å². The van der Waals surface area contributed by atoms with Crippen LogP contribution in [0, 0.1) is 0 Å². The monoisotopic (exact) mass is 1790 g/mol. The SMILES string of the molecule is c1ccc2c(-c3c(-c4c5ccccc5c(-c5ccc6c(c5)oc5ccccc56)c5ccccc45)ccc4ccccc34)cccc2c1.c1ccc2cc(-c3cc(-c4c5ccccc5c(-c5ccc6c(c5)oc5ccccc56)c5ccccc45)cc4ccccc34)ccc2c1.c1ccc2cc(-c3cc4ccccc4cc3-c3c4ccccc4c(-c4ccc5c(c4)oc4ccccc45)c4ccccc34)ccc2c1. The molecule has 3 nitrogen and oxygen atoms in total. The highest BCUT2D eigenvalue weighted by Gasteiger charge is 2.27. The summed E-state index contributed by atoms with van der Waals surface area (Å²) < 4.78 is 19.1. The number of rotatable bonds is 9. The van der Waals surface area contributed by atoms with Gasteiger partial charge in [0.25, 0.3) is 0 Å². The summed E-state index contributed by atoms with van der Waals surface area (Å²) in [4.78, 5) is 0. The maximum Gasteiger partial charge on any atom is 0.136 e. The zero-order valence-electron chi connectivity index (χ0n) is 76.7. The first-order valence-electron chi connectivity index (χ1n) is 48.5. The van der Waals surface area contributed by atoms with Crippen molar-refractivity contribution in [2.24, 2.45) is 0 Å². The maximum atomic E-state index is 6.37. The van der Waals surface area contributed by atoms with E-state index in [0.29, 0.717) is 0 Å². The van der Waals surface area contributed by atoms with Gasteiger partial charge in [-0.3, -0.25) is 0 Å². The van der Waals surface area contributed by atoms with Gasteiger partial charge >= 0.3 is 0 Å². The Labute approximate surface area is 812 Å². The maximum absolute atomic E-state index is 6.37. The van der Waals surface area contributed by atoms with Gasteiger partial charge in [-0.05, 0) is 320 Å². The topological polar surface area (TPSA) is 39.4 Å². The average Bonchev–Trinajstić information content (AvgIpc) is 1.06. The van der Waals surface area contributed by atoms with E-state index in [1.807, 2.05) is 36.4 Å². The third-order valence-corrected chi connectivity index (χ3v) is 29.5. The molecule has 0 N–H and O–H groups in total. The molecule has 654 valence electrons. The standard InChI is InChI=1S/3C46H28O/c1-3-15-32-29(12-1)14-11-22-36(32)45-33-16-4-2-13-30(33)24-27-41(45)46-39-20-7-5-18-37(39)44(38-19-6-8-21-40(38)46)31-25-26-35-34-17-9-10-23-42(34)47-43(35)28-31;1-2-12-30-25-32(22-21-29(30)11-1)42-27-34(26-31-13-3-4-14-35(31)42)46-40-18-7-5-16-38(40)45(39-17-6-8-19-41(39)46)33-23-24-37-36-15-9-10-20-43(36)47-44(37)28-33;1-2-12-30-25-33(22-21-29(30)11-1)41-26-31-13-3-4-14-32(31)27-42(41)46-39-18-7-5-16-37(39)45(38-17-6-8-19-40(38)46)34-23-24-36-35-15-9-10-20-43(35)47-44(36)28-34/h3*1-28H. The Morgan fingerprint density at radius 1 is 0.0922 bits per heavy atom. The molecular weight excluding hydrogens is 1710 g/mol. The van der Waals surface area contributed by atoms with Crippen LogP contribution in [0.1, 0.15) is 0 Å². The van der Waals surface area contributed by atoms with Crippen LogP contribution in [0.5, 0.6) is 0 Å². The van der Waals surface area contributed by atoms with Crippen molar-refractivity contribution < 1.29 is 13.3 Å². The number of benzene rings is 27. The van der Waals surface area contributed by atoms with Crippen molar-refractivity contribution in [2.45, 2.75) is 0 Å². The molecule has 0 unspecified atom stereocenters. The number of fused-ring (bicyclic) bond motifs is 21. The molecule has 0 aliphatic rings. The summed E-state index contributed by atoms with van der Waals surface area (Å²) in [6.07, 6.45) is 0. The molecule has 0 saturated heterocycles. The molecule has 30 aromatic rings. The van der Waals surface area contributed by atoms with Gasteiger partial charge in [0.1, 0.15) is 33.5 Å². The average molecular weight is 1790 g/mol. The van der Waals surface area contributed by atoms with E-state index in [-0.39, 0.29) is 0 Å². The molecule has 27 aromatic carbocycles. The molecule has 3 heteroatoms. The van der Waals surface area contributed by atoms with Gasteiger partial charge in [-0.2, -0.15) is 0 Å². The van der Waals surface area contributed by atoms with E-state index in [4.69, 9.17) is 13.3 Å². The van der Waals surface area contributed by atoms with Gasteiger partial charge in [-0.15, -0.1) is 0 Å². The van der Waals surface area contributed by atoms with Crippen molar-refractivity contribution in [1.29, 1.82) is 0 Å². The summed E-state index contributed by atoms with van der Waals surface area (Å²) in [7, 11) is 0. The Morgan fingerprint density at radius 2 is 0.348 bits per heavy atom. The molecule has 3 aromatic heterocycles. The van der Waals surface area contributed by atoms with Crippen LogP contribution in [-0.2, 0) is 0 Å². The molecule has 0 saturated carbocycles. The number of para-hydroxylation sites is 3. The zero-order valence-corrected chi connectivity index (χ0v) is 76.7. The van der Waals surface area contributed by atoms with E-state index in [0.717, 1.165) is 82.5 Å². The predicted octanol–water partition coefficient (Wildman–Crippen LogP) is 39.6. The highest BCUT2D eigenvalue weighted by molar-refractivity contribution is 6.29. The van der Waals surface area contributed by atoms with Crippen LogP contribution in [0.3, 0.4) is 0 Å². The van der Waals surface area contributed by atoms with Gasteiger partial charge < -0.3 is 13.3 Å². The van der Waals surface area contributed by atoms with Crippen molar-refractivity contribution >= 4 is 195 Å². The van der Waals surface area contributed by atoms with Gasteiger partial charge in [-0.25, -0.2) is 0 Å². The Hall–Kier alpha value is -18.5. The third kappa shape index (κ3) is 13.5. The van der Waals surface area contributed by atoms with E-state index in [1.54, 1.807) is 0 Å². The molecule has 30 rings (SSSR count). The van der Waals surface area contributed by atoms with Crippen LogP contribution in [0.25, 0.3) is 295 Å². The van der Waals surface area contributed by atoms with Crippen LogP contribution in [-0.4, -0.2) is 0 Å². The van der Waals surface area contributed by atoms with Gasteiger partial charge in [0, 0.05) is 32.3 Å². The van der Waals surface area contributed by atoms with Gasteiger partial charge in [0.15, 0.2) is 0 Å². The smallest absolute Gasteiger partial charge is 0.136 e. The van der Waals surface area contributed by atoms with Crippen molar-refractivity contribution in [2.75, 3.05) is 0 Å². The van der Waals surface area contributed by atoms with Crippen LogP contribution in [0.15, 0.2) is 523 Å². The second-order valence-electron chi connectivity index (χ2n) is 37.3. The second-order valence-corrected chi connectivity index (χ2v) is 37.3. The fourth-order valence-corrected chi connectivity index (χ4v) is 23.2. The summed E-state index contributed by atoms with van der Waals surface area (Å²) in [5.74, 6) is 0. The number of hydrogen-bond acceptors (Lipinski definition) is 3. The van der Waals surface area contributed by atoms with Crippen LogP contribution < -0.4 is 0 Å². The first-order chi connectivity index (χ1) is 69.9. The van der Waals surface area contributed by atoms with Crippen molar-refractivity contribution in [3.05, 3.63) is 510 Å². The molecule has 0 aliphatic carbocycles. The summed E-state index contributed by atoms with van der Waals surface area (Å²) in [5.41, 5.74) is 27.6. The molecular formula is C138H84O3. The van der Waals surface area contributed by atoms with Gasteiger partial charge in [0.05, 0.1) is 0 Å². The minimum atomic E-state index is 0.911. The van der Waals surface area contributed by atoms with Gasteiger partial charge in [-0.1, -0.05) is 419 Å². The zero-order chi connectivity index (χ0) is 92.7. The molecule has 0 radical (unpaired) electrons. The highest BCUT2D eigenvalue weighted by Crippen LogP contribution is 2.54. The molecule has 0 spiro atoms. The first-order valence-corrected chi connectivity index (χ1v) is 48.5. The lowest BCUT2D eigenvalue weighted by Crippen LogP contribution is -1.94. The second kappa shape index (κ2) is 33.2. The summed E-state index contributed by atoms with van der Waals surface area (Å²) in [6, 6.07) is 185. The molecule has 0 aliphatic heterocycles. The van der Waals surface area contributed by atoms with Crippen LogP contribution >= 0.6 is 0 Å². The van der Waals surface area contributed by atoms with Gasteiger partial charge in [0.2, 0.25) is 0 Å². The van der Waals surface area contributed by atoms with Crippen molar-refractivity contribution in [3.63, 3.8) is 0 Å². The quantitative estimate of drug-likeness (QED) is 0.135. The van der Waals surface area contributed by atoms with Crippen LogP contribution in [0.4, 0.5) is 0 Å². The molecule has 0 atom stereocenters. The fraction of sp³-hybridized carbons (Fsp3) is 0. The normalized spacial score (nSPS) is 11.8. The lowest BCUT2D eigenvalue weighted by molar-refractivity contribution is 0.668. The molecule has 0 amide bonds. The largest absolute Gasteiger partial charge is 0.456 e. The summed E-state index contributed by atoms with van der Waals surface area (Å²) in [5, 5.41) is 36.7. The van der Waals surface area contributed by atoms with E-state index in [9.17, 15) is 0 Å². The Morgan fingerprint density at radius 3 is 0.752 bits per heavy atom. The predicted molar refractivity (Wildman–Crippen MR) is 600 cm³/mol. The Bertz CT molecular complexity index is 10300. The number of hydrogen-bond donors (Lipinski definition) is 0. The summed E-state index contributed by atoms with van der Waals surface area (Å²) in [6.45, 7) is 0. The Balaban J connectivity index is 0.000000104. The molecule has 3 heterocycles. The van der Waals surface area contributed by atoms with E-state index < -0.39 is 0 Å². The number of furan rings is 3.